The summed E-state index contributed by atoms with van der Waals surface area (Å²) in [5, 5.41) is 15.6. The topological polar surface area (TPSA) is 78.4 Å². The minimum atomic E-state index is -1.12. The minimum Gasteiger partial charge on any atom is -0.480 e. The number of anilines is 1. The van der Waals surface area contributed by atoms with E-state index in [0.29, 0.717) is 32.8 Å². The molecule has 178 valence electrons. The smallest absolute Gasteiger partial charge is 0.325 e. The van der Waals surface area contributed by atoms with Gasteiger partial charge < -0.3 is 15.7 Å². The molecule has 3 N–H and O–H groups in total. The Morgan fingerprint density at radius 3 is 2.18 bits per heavy atom. The van der Waals surface area contributed by atoms with Gasteiger partial charge in [-0.1, -0.05) is 35.9 Å². The van der Waals surface area contributed by atoms with Crippen LogP contribution >= 0.6 is 11.6 Å². The maximum absolute atomic E-state index is 14.8. The van der Waals surface area contributed by atoms with Crippen molar-refractivity contribution < 1.29 is 19.1 Å². The lowest BCUT2D eigenvalue weighted by Gasteiger charge is -2.18. The van der Waals surface area contributed by atoms with E-state index in [1.807, 2.05) is 32.0 Å². The highest BCUT2D eigenvalue weighted by molar-refractivity contribution is 6.31. The molecule has 1 amide bonds. The molecular weight excluding hydrogens is 455 g/mol. The van der Waals surface area contributed by atoms with Crippen LogP contribution in [0.15, 0.2) is 48.5 Å². The fourth-order valence-electron chi connectivity index (χ4n) is 3.91. The molecule has 0 saturated carbocycles. The van der Waals surface area contributed by atoms with Crippen LogP contribution in [0.3, 0.4) is 0 Å². The number of hydrogen-bond acceptors (Lipinski definition) is 3. The number of halogens is 2. The molecular formula is C27H28ClFN2O3. The third-order valence-electron chi connectivity index (χ3n) is 5.82. The average Bonchev–Trinajstić information content (AvgIpc) is 2.76. The largest absolute Gasteiger partial charge is 0.480 e. The summed E-state index contributed by atoms with van der Waals surface area (Å²) in [6.07, 6.45) is 0. The van der Waals surface area contributed by atoms with Gasteiger partial charge in [0.1, 0.15) is 11.9 Å². The van der Waals surface area contributed by atoms with E-state index < -0.39 is 17.9 Å². The summed E-state index contributed by atoms with van der Waals surface area (Å²) < 4.78 is 14.8. The van der Waals surface area contributed by atoms with E-state index in [-0.39, 0.29) is 11.9 Å². The summed E-state index contributed by atoms with van der Waals surface area (Å²) in [7, 11) is 0. The van der Waals surface area contributed by atoms with Crippen molar-refractivity contribution in [2.75, 3.05) is 5.32 Å². The quantitative estimate of drug-likeness (QED) is 0.361. The summed E-state index contributed by atoms with van der Waals surface area (Å²) in [5.41, 5.74) is 5.49. The zero-order valence-corrected chi connectivity index (χ0v) is 20.5. The number of hydrogen-bond donors (Lipinski definition) is 3. The molecule has 0 bridgehead atoms. The van der Waals surface area contributed by atoms with Gasteiger partial charge in [-0.15, -0.1) is 0 Å². The Morgan fingerprint density at radius 2 is 1.59 bits per heavy atom. The third kappa shape index (κ3) is 5.57. The van der Waals surface area contributed by atoms with Crippen LogP contribution in [0.1, 0.15) is 52.5 Å². The summed E-state index contributed by atoms with van der Waals surface area (Å²) in [4.78, 5) is 23.7. The molecule has 0 saturated heterocycles. The van der Waals surface area contributed by atoms with Gasteiger partial charge in [-0.2, -0.15) is 0 Å². The van der Waals surface area contributed by atoms with E-state index in [1.165, 1.54) is 13.0 Å². The highest BCUT2D eigenvalue weighted by Crippen LogP contribution is 2.31. The van der Waals surface area contributed by atoms with E-state index in [0.717, 1.165) is 16.8 Å². The van der Waals surface area contributed by atoms with Crippen LogP contribution in [-0.2, 0) is 4.79 Å². The molecule has 2 atom stereocenters. The molecule has 0 aromatic heterocycles. The molecule has 0 radical (unpaired) electrons. The Labute approximate surface area is 204 Å². The summed E-state index contributed by atoms with van der Waals surface area (Å²) in [6, 6.07) is 13.1. The van der Waals surface area contributed by atoms with Crippen LogP contribution < -0.4 is 10.6 Å². The van der Waals surface area contributed by atoms with E-state index in [9.17, 15) is 14.0 Å². The first-order chi connectivity index (χ1) is 16.0. The van der Waals surface area contributed by atoms with Crippen LogP contribution in [0, 0.1) is 26.6 Å². The molecule has 0 aliphatic heterocycles. The van der Waals surface area contributed by atoms with Crippen LogP contribution in [0.5, 0.6) is 0 Å². The van der Waals surface area contributed by atoms with Gasteiger partial charge in [-0.05, 0) is 86.7 Å². The summed E-state index contributed by atoms with van der Waals surface area (Å²) >= 11 is 6.13. The maximum atomic E-state index is 14.8. The molecule has 3 aromatic rings. The molecule has 3 aromatic carbocycles. The Morgan fingerprint density at radius 1 is 0.941 bits per heavy atom. The lowest BCUT2D eigenvalue weighted by molar-refractivity contribution is -0.138. The number of aliphatic carboxylic acids is 1. The van der Waals surface area contributed by atoms with Crippen molar-refractivity contribution in [2.45, 2.75) is 46.7 Å². The first kappa shape index (κ1) is 25.2. The number of nitrogens with one attached hydrogen (secondary N) is 2. The molecule has 7 heteroatoms. The number of rotatable bonds is 7. The lowest BCUT2D eigenvalue weighted by Crippen LogP contribution is -2.38. The first-order valence-corrected chi connectivity index (χ1v) is 11.3. The second kappa shape index (κ2) is 10.3. The van der Waals surface area contributed by atoms with Gasteiger partial charge in [0, 0.05) is 27.9 Å². The molecule has 0 aliphatic carbocycles. The number of carboxylic acids is 1. The van der Waals surface area contributed by atoms with Gasteiger partial charge in [0.25, 0.3) is 5.91 Å². The van der Waals surface area contributed by atoms with Crippen molar-refractivity contribution in [1.82, 2.24) is 5.32 Å². The highest BCUT2D eigenvalue weighted by atomic mass is 35.5. The number of carboxylic acid groups (broad SMARTS) is 1. The van der Waals surface area contributed by atoms with E-state index in [2.05, 4.69) is 10.6 Å². The van der Waals surface area contributed by atoms with Gasteiger partial charge in [0.2, 0.25) is 0 Å². The van der Waals surface area contributed by atoms with Gasteiger partial charge in [-0.25, -0.2) is 4.39 Å². The van der Waals surface area contributed by atoms with Crippen LogP contribution in [-0.4, -0.2) is 23.0 Å². The van der Waals surface area contributed by atoms with Crippen molar-refractivity contribution in [3.63, 3.8) is 0 Å². The minimum absolute atomic E-state index is 0.0277. The maximum Gasteiger partial charge on any atom is 0.325 e. The van der Waals surface area contributed by atoms with Gasteiger partial charge in [-0.3, -0.25) is 9.59 Å². The highest BCUT2D eigenvalue weighted by Gasteiger charge is 2.20. The summed E-state index contributed by atoms with van der Waals surface area (Å²) in [5.74, 6) is -1.97. The average molecular weight is 483 g/mol. The molecule has 0 aliphatic rings. The van der Waals surface area contributed by atoms with Gasteiger partial charge in [0.05, 0.1) is 0 Å². The second-order valence-electron chi connectivity index (χ2n) is 8.59. The second-order valence-corrected chi connectivity index (χ2v) is 8.99. The normalized spacial score (nSPS) is 12.7. The lowest BCUT2D eigenvalue weighted by atomic mass is 9.94. The summed E-state index contributed by atoms with van der Waals surface area (Å²) in [6.45, 7) is 8.88. The molecule has 0 spiro atoms. The SMILES string of the molecule is Cc1cc([C@@H](C)Nc2ccc(F)c(-c3cc(C)c(C(=O)N[C@@H](C)C(=O)O)c(C)c3)c2)ccc1Cl. The monoisotopic (exact) mass is 482 g/mol. The standard InChI is InChI=1S/C27H28ClFN2O3/c1-14-10-19(6-8-23(14)28)17(4)30-21-7-9-24(29)22(13-21)20-11-15(2)25(16(3)12-20)26(32)31-18(5)27(33)34/h6-13,17-18,30H,1-5H3,(H,31,32)(H,33,34)/t17-,18+/m1/s1. The Bertz CT molecular complexity index is 1240. The predicted octanol–water partition coefficient (Wildman–Crippen LogP) is 6.45. The molecule has 34 heavy (non-hydrogen) atoms. The van der Waals surface area contributed by atoms with Crippen molar-refractivity contribution in [2.24, 2.45) is 0 Å². The van der Waals surface area contributed by atoms with Crippen molar-refractivity contribution in [1.29, 1.82) is 0 Å². The van der Waals surface area contributed by atoms with Crippen LogP contribution in [0.4, 0.5) is 10.1 Å². The Balaban J connectivity index is 1.90. The Hall–Kier alpha value is -3.38. The van der Waals surface area contributed by atoms with E-state index in [1.54, 1.807) is 38.1 Å². The third-order valence-corrected chi connectivity index (χ3v) is 6.24. The number of carbonyl (C=O) groups excluding carboxylic acids is 1. The van der Waals surface area contributed by atoms with Crippen molar-refractivity contribution >= 4 is 29.2 Å². The number of amides is 1. The van der Waals surface area contributed by atoms with Gasteiger partial charge in [0.15, 0.2) is 0 Å². The zero-order valence-electron chi connectivity index (χ0n) is 19.8. The van der Waals surface area contributed by atoms with Crippen molar-refractivity contribution in [3.05, 3.63) is 87.2 Å². The van der Waals surface area contributed by atoms with Gasteiger partial charge >= 0.3 is 5.97 Å². The molecule has 5 nitrogen and oxygen atoms in total. The molecule has 0 heterocycles. The zero-order chi connectivity index (χ0) is 25.2. The fraction of sp³-hybridized carbons (Fsp3) is 0.259. The van der Waals surface area contributed by atoms with E-state index in [4.69, 9.17) is 16.7 Å². The predicted molar refractivity (Wildman–Crippen MR) is 134 cm³/mol. The number of benzene rings is 3. The number of carbonyl (C=O) groups is 2. The Kier molecular flexibility index (Phi) is 7.62. The molecule has 3 rings (SSSR count). The number of aryl methyl sites for hydroxylation is 3. The molecule has 0 unspecified atom stereocenters. The molecule has 0 fully saturated rings. The van der Waals surface area contributed by atoms with Crippen molar-refractivity contribution in [3.8, 4) is 11.1 Å². The fourth-order valence-corrected chi connectivity index (χ4v) is 4.03. The van der Waals surface area contributed by atoms with E-state index >= 15 is 0 Å². The first-order valence-electron chi connectivity index (χ1n) is 10.9. The van der Waals surface area contributed by atoms with Crippen LogP contribution in [0.25, 0.3) is 11.1 Å². The van der Waals surface area contributed by atoms with Crippen LogP contribution in [0.2, 0.25) is 5.02 Å².